The minimum atomic E-state index is -0.952. The lowest BCUT2D eigenvalue weighted by molar-refractivity contribution is -0.144. The molecule has 1 fully saturated rings. The normalized spacial score (nSPS) is 15.2. The topological polar surface area (TPSA) is 289 Å². The summed E-state index contributed by atoms with van der Waals surface area (Å²) in [5, 5.41) is 33.6. The van der Waals surface area contributed by atoms with Gasteiger partial charge >= 0.3 is 6.03 Å². The summed E-state index contributed by atoms with van der Waals surface area (Å²) in [6, 6.07) is 8.53. The molecule has 6 aromatic rings. The number of aromatic nitrogens is 7. The van der Waals surface area contributed by atoms with E-state index in [1.807, 2.05) is 52.0 Å². The van der Waals surface area contributed by atoms with Gasteiger partial charge in [0.1, 0.15) is 12.1 Å². The van der Waals surface area contributed by atoms with Gasteiger partial charge in [-0.3, -0.25) is 19.2 Å². The van der Waals surface area contributed by atoms with Gasteiger partial charge in [0.25, 0.3) is 0 Å². The van der Waals surface area contributed by atoms with Gasteiger partial charge in [0.2, 0.25) is 23.6 Å². The number of likely N-dealkylation sites (tertiary alicyclic amines) is 1. The number of nitrogens with zero attached hydrogens (tertiary/aromatic N) is 8. The molecule has 1 aromatic carbocycles. The molecule has 24 nitrogen and oxygen atoms in total. The van der Waals surface area contributed by atoms with Crippen molar-refractivity contribution in [2.24, 2.45) is 5.41 Å². The van der Waals surface area contributed by atoms with E-state index >= 15 is 0 Å². The third-order valence-electron chi connectivity index (χ3n) is 12.7. The lowest BCUT2D eigenvalue weighted by atomic mass is 9.85. The molecule has 1 saturated heterocycles. The van der Waals surface area contributed by atoms with Crippen molar-refractivity contribution < 1.29 is 52.8 Å². The number of anilines is 2. The van der Waals surface area contributed by atoms with Gasteiger partial charge in [-0.25, -0.2) is 28.9 Å². The van der Waals surface area contributed by atoms with E-state index in [0.29, 0.717) is 53.9 Å². The Balaban J connectivity index is 0.703. The standard InChI is InChI=1S/C53H67Cl2N13O11S/c1-32-47(80-31-60-32)36-9-7-34(8-10-36)24-59-50(72)41-22-38(69)30-66(41)51(73)48(53(3,4)5)64-45(71)12-14-77-16-18-79-20-19-78-17-15-76-13-11-44(70)57-25-35-26-61-67(29-35)49-39(54)21-37(27-58-49)62-52(74)63-40-28-56-43-23-42(55)65-68(43)46(40)33(2)75-6/h7-10,21,23,26-29,31,33,38,41,48,69H,11-20,22,24-25,30H2,1-6H3,(H,57,70)(H,59,72)(H,64,71)(H2,62,63,74)/t33-,38+,41-,48+/m0/s1. The molecule has 0 bridgehead atoms. The quantitative estimate of drug-likeness (QED) is 0.0323. The molecule has 0 spiro atoms. The number of fused-ring (bicyclic) bond motifs is 1. The predicted octanol–water partition coefficient (Wildman–Crippen LogP) is 5.67. The predicted molar refractivity (Wildman–Crippen MR) is 298 cm³/mol. The van der Waals surface area contributed by atoms with E-state index in [2.05, 4.69) is 51.7 Å². The lowest BCUT2D eigenvalue weighted by Crippen LogP contribution is -2.57. The van der Waals surface area contributed by atoms with Crippen LogP contribution >= 0.6 is 34.5 Å². The van der Waals surface area contributed by atoms with Crippen molar-refractivity contribution in [3.8, 4) is 16.3 Å². The zero-order valence-electron chi connectivity index (χ0n) is 45.3. The van der Waals surface area contributed by atoms with E-state index in [9.17, 15) is 29.1 Å². The molecule has 430 valence electrons. The number of rotatable bonds is 28. The molecule has 1 aliphatic rings. The average Bonchev–Trinajstić information content (AvgIpc) is 4.33. The highest BCUT2D eigenvalue weighted by atomic mass is 35.5. The van der Waals surface area contributed by atoms with Crippen LogP contribution in [-0.2, 0) is 56.0 Å². The zero-order chi connectivity index (χ0) is 57.3. The van der Waals surface area contributed by atoms with Crippen LogP contribution in [-0.4, -0.2) is 159 Å². The van der Waals surface area contributed by atoms with Crippen LogP contribution in [0.25, 0.3) is 21.9 Å². The fourth-order valence-electron chi connectivity index (χ4n) is 8.44. The van der Waals surface area contributed by atoms with Crippen LogP contribution in [0.5, 0.6) is 0 Å². The van der Waals surface area contributed by atoms with Gasteiger partial charge in [-0.1, -0.05) is 68.2 Å². The molecule has 0 saturated carbocycles. The number of carbonyl (C=O) groups is 5. The van der Waals surface area contributed by atoms with Crippen molar-refractivity contribution in [3.05, 3.63) is 99.4 Å². The fraction of sp³-hybridized carbons (Fsp3) is 0.472. The Hall–Kier alpha value is -6.68. The number of methoxy groups -OCH3 is 1. The van der Waals surface area contributed by atoms with Crippen molar-refractivity contribution in [1.82, 2.24) is 55.2 Å². The first-order valence-corrected chi connectivity index (χ1v) is 27.5. The molecule has 6 amide bonds. The van der Waals surface area contributed by atoms with Gasteiger partial charge in [-0.05, 0) is 36.5 Å². The number of carbonyl (C=O) groups excluding carboxylic acids is 5. The smallest absolute Gasteiger partial charge is 0.323 e. The number of aliphatic hydroxyl groups is 1. The van der Waals surface area contributed by atoms with Gasteiger partial charge in [0.15, 0.2) is 16.6 Å². The van der Waals surface area contributed by atoms with E-state index < -0.39 is 41.6 Å². The van der Waals surface area contributed by atoms with Crippen LogP contribution in [0.15, 0.2) is 66.7 Å². The molecule has 7 rings (SSSR count). The zero-order valence-corrected chi connectivity index (χ0v) is 47.7. The average molecular weight is 1170 g/mol. The van der Waals surface area contributed by atoms with Crippen LogP contribution in [0.3, 0.4) is 0 Å². The molecular formula is C53H67Cl2N13O11S. The second-order valence-corrected chi connectivity index (χ2v) is 21.4. The monoisotopic (exact) mass is 1160 g/mol. The fourth-order valence-corrected chi connectivity index (χ4v) is 9.67. The minimum absolute atomic E-state index is 0.000696. The van der Waals surface area contributed by atoms with E-state index in [0.717, 1.165) is 21.7 Å². The summed E-state index contributed by atoms with van der Waals surface area (Å²) >= 11 is 14.2. The second kappa shape index (κ2) is 29.2. The van der Waals surface area contributed by atoms with Crippen molar-refractivity contribution in [1.29, 1.82) is 0 Å². The molecular weight excluding hydrogens is 1100 g/mol. The largest absolute Gasteiger partial charge is 0.391 e. The van der Waals surface area contributed by atoms with Gasteiger partial charge in [-0.15, -0.1) is 11.3 Å². The Morgan fingerprint density at radius 1 is 0.825 bits per heavy atom. The van der Waals surface area contributed by atoms with Crippen LogP contribution in [0.2, 0.25) is 10.2 Å². The molecule has 5 aromatic heterocycles. The van der Waals surface area contributed by atoms with Crippen LogP contribution < -0.4 is 26.6 Å². The van der Waals surface area contributed by atoms with Crippen molar-refractivity contribution in [2.45, 2.75) is 91.3 Å². The van der Waals surface area contributed by atoms with Gasteiger partial charge in [-0.2, -0.15) is 10.2 Å². The van der Waals surface area contributed by atoms with Gasteiger partial charge in [0.05, 0.1) is 122 Å². The molecule has 6 heterocycles. The first-order chi connectivity index (χ1) is 38.4. The highest BCUT2D eigenvalue weighted by Crippen LogP contribution is 2.30. The number of hydrogen-bond donors (Lipinski definition) is 6. The van der Waals surface area contributed by atoms with Crippen molar-refractivity contribution in [2.75, 3.05) is 77.1 Å². The number of amides is 6. The van der Waals surface area contributed by atoms with E-state index in [-0.39, 0.29) is 99.8 Å². The molecule has 0 unspecified atom stereocenters. The molecule has 6 N–H and O–H groups in total. The van der Waals surface area contributed by atoms with Gasteiger partial charge < -0.3 is 60.3 Å². The van der Waals surface area contributed by atoms with Crippen LogP contribution in [0, 0.1) is 12.3 Å². The molecule has 27 heteroatoms. The second-order valence-electron chi connectivity index (χ2n) is 19.7. The number of nitrogens with one attached hydrogen (secondary N) is 5. The maximum atomic E-state index is 14.0. The summed E-state index contributed by atoms with van der Waals surface area (Å²) in [7, 11) is 1.53. The Labute approximate surface area is 476 Å². The summed E-state index contributed by atoms with van der Waals surface area (Å²) in [4.78, 5) is 81.4. The number of thiazole rings is 1. The number of aliphatic hydroxyl groups excluding tert-OH is 1. The van der Waals surface area contributed by atoms with Crippen molar-refractivity contribution >= 4 is 81.2 Å². The van der Waals surface area contributed by atoms with Crippen LogP contribution in [0.4, 0.5) is 16.2 Å². The highest BCUT2D eigenvalue weighted by Gasteiger charge is 2.44. The number of hydrogen-bond acceptors (Lipinski definition) is 17. The molecule has 0 radical (unpaired) electrons. The van der Waals surface area contributed by atoms with Gasteiger partial charge in [0, 0.05) is 63.8 Å². The third-order valence-corrected chi connectivity index (χ3v) is 14.1. The third kappa shape index (κ3) is 17.2. The highest BCUT2D eigenvalue weighted by molar-refractivity contribution is 7.13. The molecule has 1 aliphatic heterocycles. The van der Waals surface area contributed by atoms with E-state index in [4.69, 9.17) is 46.9 Å². The minimum Gasteiger partial charge on any atom is -0.391 e. The summed E-state index contributed by atoms with van der Waals surface area (Å²) in [5.41, 5.74) is 6.39. The van der Waals surface area contributed by atoms with E-state index in [1.54, 1.807) is 42.2 Å². The SMILES string of the molecule is CO[C@@H](C)c1c(NC(=O)Nc2cnc(-n3cc(CNC(=O)CCOCCOCCOCCOCCC(=O)N[C@H](C(=O)N4C[C@H](O)C[C@H]4C(=O)NCc4ccc(-c5scnc5C)cc4)C(C)(C)C)cn3)c(Cl)c2)cnc2cc(Cl)nn12. The number of β-amino-alcohol motifs (C(OH)–C–C–N with tert-alkyl or cyclic N) is 1. The summed E-state index contributed by atoms with van der Waals surface area (Å²) in [6.07, 6.45) is 5.06. The summed E-state index contributed by atoms with van der Waals surface area (Å²) in [5.74, 6) is -1.12. The summed E-state index contributed by atoms with van der Waals surface area (Å²) < 4.78 is 30.7. The number of ether oxygens (including phenoxy) is 5. The Kier molecular flexibility index (Phi) is 22.2. The first kappa shape index (κ1) is 61.0. The molecule has 0 aliphatic carbocycles. The Morgan fingerprint density at radius 3 is 2.12 bits per heavy atom. The van der Waals surface area contributed by atoms with Crippen molar-refractivity contribution in [3.63, 3.8) is 0 Å². The first-order valence-electron chi connectivity index (χ1n) is 25.9. The maximum absolute atomic E-state index is 14.0. The number of urea groups is 1. The number of halogens is 2. The Morgan fingerprint density at radius 2 is 1.49 bits per heavy atom. The number of benzene rings is 1. The Bertz CT molecular complexity index is 3060. The lowest BCUT2D eigenvalue weighted by Gasteiger charge is -2.35. The molecule has 4 atom stereocenters. The van der Waals surface area contributed by atoms with E-state index in [1.165, 1.54) is 39.7 Å². The summed E-state index contributed by atoms with van der Waals surface area (Å²) in [6.45, 7) is 11.7. The number of aryl methyl sites for hydroxylation is 1. The molecule has 80 heavy (non-hydrogen) atoms. The number of pyridine rings is 1. The van der Waals surface area contributed by atoms with Crippen LogP contribution in [0.1, 0.15) is 75.6 Å². The maximum Gasteiger partial charge on any atom is 0.323 e.